The highest BCUT2D eigenvalue weighted by atomic mass is 35.5. The molecule has 2 heterocycles. The number of nitrogens with two attached hydrogens (primary N) is 1. The predicted molar refractivity (Wildman–Crippen MR) is 92.0 cm³/mol. The largest absolute Gasteiger partial charge is 0.487 e. The summed E-state index contributed by atoms with van der Waals surface area (Å²) in [4.78, 5) is 12.3. The van der Waals surface area contributed by atoms with E-state index in [4.69, 9.17) is 10.5 Å². The van der Waals surface area contributed by atoms with Gasteiger partial charge in [0.2, 0.25) is 0 Å². The number of anilines is 1. The van der Waals surface area contributed by atoms with E-state index in [0.717, 1.165) is 11.3 Å². The quantitative estimate of drug-likeness (QED) is 0.819. The lowest BCUT2D eigenvalue weighted by molar-refractivity contribution is 0.0620. The summed E-state index contributed by atoms with van der Waals surface area (Å²) < 4.78 is 5.97. The van der Waals surface area contributed by atoms with Gasteiger partial charge in [-0.2, -0.15) is 11.3 Å². The molecule has 6 heteroatoms. The van der Waals surface area contributed by atoms with Gasteiger partial charge in [0.25, 0.3) is 5.91 Å². The van der Waals surface area contributed by atoms with E-state index in [-0.39, 0.29) is 30.0 Å². The molecular formula is C16H19ClN2O2S. The van der Waals surface area contributed by atoms with Gasteiger partial charge in [0.1, 0.15) is 11.4 Å². The van der Waals surface area contributed by atoms with Crippen molar-refractivity contribution in [3.05, 3.63) is 46.2 Å². The number of hydrogen-bond donors (Lipinski definition) is 2. The third kappa shape index (κ3) is 3.36. The molecule has 1 aromatic carbocycles. The normalized spacial score (nSPS) is 18.5. The number of carbonyl (C=O) groups excluding carboxylic acids is 1. The van der Waals surface area contributed by atoms with Crippen LogP contribution < -0.4 is 15.8 Å². The van der Waals surface area contributed by atoms with E-state index in [1.165, 1.54) is 11.3 Å². The highest BCUT2D eigenvalue weighted by molar-refractivity contribution is 7.08. The molecule has 0 aliphatic carbocycles. The van der Waals surface area contributed by atoms with Crippen molar-refractivity contribution in [2.24, 2.45) is 0 Å². The third-order valence-corrected chi connectivity index (χ3v) is 4.26. The first kappa shape index (κ1) is 16.6. The molecule has 3 N–H and O–H groups in total. The second-order valence-electron chi connectivity index (χ2n) is 5.90. The Morgan fingerprint density at radius 3 is 2.86 bits per heavy atom. The molecule has 1 aliphatic heterocycles. The monoisotopic (exact) mass is 338 g/mol. The molecule has 1 aromatic heterocycles. The number of thiophene rings is 1. The minimum Gasteiger partial charge on any atom is -0.487 e. The molecule has 1 aliphatic rings. The number of ether oxygens (including phenoxy) is 1. The Hall–Kier alpha value is -1.72. The van der Waals surface area contributed by atoms with Crippen LogP contribution in [-0.4, -0.2) is 11.5 Å². The molecule has 3 rings (SSSR count). The molecule has 1 atom stereocenters. The highest BCUT2D eigenvalue weighted by Gasteiger charge is 2.34. The van der Waals surface area contributed by atoms with Crippen molar-refractivity contribution >= 4 is 35.3 Å². The van der Waals surface area contributed by atoms with E-state index in [0.29, 0.717) is 17.7 Å². The first-order valence-corrected chi connectivity index (χ1v) is 7.80. The maximum atomic E-state index is 12.3. The fourth-order valence-corrected chi connectivity index (χ4v) is 3.27. The van der Waals surface area contributed by atoms with E-state index in [1.807, 2.05) is 48.9 Å². The Bertz CT molecular complexity index is 671. The lowest BCUT2D eigenvalue weighted by Gasteiger charge is -2.38. The molecule has 0 fully saturated rings. The van der Waals surface area contributed by atoms with E-state index >= 15 is 0 Å². The molecular weight excluding hydrogens is 320 g/mol. The molecule has 118 valence electrons. The summed E-state index contributed by atoms with van der Waals surface area (Å²) >= 11 is 1.51. The van der Waals surface area contributed by atoms with Crippen LogP contribution in [0.2, 0.25) is 0 Å². The zero-order valence-corrected chi connectivity index (χ0v) is 14.1. The number of amides is 1. The van der Waals surface area contributed by atoms with Gasteiger partial charge in [-0.3, -0.25) is 4.79 Å². The fraction of sp³-hybridized carbons (Fsp3) is 0.312. The van der Waals surface area contributed by atoms with Crippen LogP contribution in [0.1, 0.15) is 42.2 Å². The summed E-state index contributed by atoms with van der Waals surface area (Å²) in [6.07, 6.45) is 0.708. The highest BCUT2D eigenvalue weighted by Crippen LogP contribution is 2.40. The maximum absolute atomic E-state index is 12.3. The van der Waals surface area contributed by atoms with Crippen molar-refractivity contribution < 1.29 is 9.53 Å². The van der Waals surface area contributed by atoms with Gasteiger partial charge < -0.3 is 15.8 Å². The van der Waals surface area contributed by atoms with Gasteiger partial charge in [0.15, 0.2) is 0 Å². The predicted octanol–water partition coefficient (Wildman–Crippen LogP) is 3.78. The Balaban J connectivity index is 0.00000176. The van der Waals surface area contributed by atoms with Gasteiger partial charge in [0.05, 0.1) is 11.6 Å². The Morgan fingerprint density at radius 2 is 2.18 bits per heavy atom. The summed E-state index contributed by atoms with van der Waals surface area (Å²) in [7, 11) is 0. The molecule has 0 bridgehead atoms. The van der Waals surface area contributed by atoms with Gasteiger partial charge in [0, 0.05) is 23.1 Å². The Labute approximate surface area is 140 Å². The maximum Gasteiger partial charge on any atom is 0.252 e. The van der Waals surface area contributed by atoms with Crippen LogP contribution in [0.3, 0.4) is 0 Å². The van der Waals surface area contributed by atoms with Crippen LogP contribution in [-0.2, 0) is 0 Å². The van der Waals surface area contributed by atoms with Gasteiger partial charge in [-0.1, -0.05) is 0 Å². The summed E-state index contributed by atoms with van der Waals surface area (Å²) in [5.74, 6) is 0.725. The zero-order valence-electron chi connectivity index (χ0n) is 12.5. The van der Waals surface area contributed by atoms with Crippen molar-refractivity contribution in [1.29, 1.82) is 0 Å². The van der Waals surface area contributed by atoms with Gasteiger partial charge >= 0.3 is 0 Å². The van der Waals surface area contributed by atoms with Crippen molar-refractivity contribution in [1.82, 2.24) is 5.32 Å². The molecule has 1 amide bonds. The molecule has 22 heavy (non-hydrogen) atoms. The lowest BCUT2D eigenvalue weighted by atomic mass is 9.89. The van der Waals surface area contributed by atoms with Crippen molar-refractivity contribution in [2.45, 2.75) is 31.9 Å². The summed E-state index contributed by atoms with van der Waals surface area (Å²) in [6, 6.07) is 7.29. The van der Waals surface area contributed by atoms with Gasteiger partial charge in [-0.05, 0) is 43.5 Å². The first-order chi connectivity index (χ1) is 9.94. The standard InChI is InChI=1S/C16H18N2O2S.ClH/c1-16(2)8-13(18-15(19)10-5-6-21-9-10)12-7-11(17)3-4-14(12)20-16;/h3-7,9,13H,8,17H2,1-2H3,(H,18,19);1H. The van der Waals surface area contributed by atoms with Crippen LogP contribution >= 0.6 is 23.7 Å². The van der Waals surface area contributed by atoms with Crippen LogP contribution in [0, 0.1) is 0 Å². The Kier molecular flexibility index (Phi) is 4.68. The Morgan fingerprint density at radius 1 is 1.41 bits per heavy atom. The van der Waals surface area contributed by atoms with Crippen LogP contribution in [0.15, 0.2) is 35.0 Å². The smallest absolute Gasteiger partial charge is 0.252 e. The van der Waals surface area contributed by atoms with Gasteiger partial charge in [-0.15, -0.1) is 12.4 Å². The van der Waals surface area contributed by atoms with Crippen molar-refractivity contribution in [2.75, 3.05) is 5.73 Å². The number of benzene rings is 1. The van der Waals surface area contributed by atoms with Crippen molar-refractivity contribution in [3.8, 4) is 5.75 Å². The first-order valence-electron chi connectivity index (χ1n) is 6.86. The summed E-state index contributed by atoms with van der Waals surface area (Å²) in [6.45, 7) is 4.05. The van der Waals surface area contributed by atoms with E-state index in [2.05, 4.69) is 5.32 Å². The number of nitrogens with one attached hydrogen (secondary N) is 1. The number of halogens is 1. The molecule has 4 nitrogen and oxygen atoms in total. The number of rotatable bonds is 2. The zero-order chi connectivity index (χ0) is 15.0. The van der Waals surface area contributed by atoms with Crippen molar-refractivity contribution in [3.63, 3.8) is 0 Å². The summed E-state index contributed by atoms with van der Waals surface area (Å²) in [5, 5.41) is 6.84. The third-order valence-electron chi connectivity index (χ3n) is 3.58. The van der Waals surface area contributed by atoms with E-state index < -0.39 is 0 Å². The fourth-order valence-electron chi connectivity index (χ4n) is 2.64. The number of nitrogen functional groups attached to an aromatic ring is 1. The molecule has 0 saturated heterocycles. The topological polar surface area (TPSA) is 64.4 Å². The second kappa shape index (κ2) is 6.18. The second-order valence-corrected chi connectivity index (χ2v) is 6.68. The molecule has 0 spiro atoms. The molecule has 0 radical (unpaired) electrons. The van der Waals surface area contributed by atoms with Gasteiger partial charge in [-0.25, -0.2) is 0 Å². The average molecular weight is 339 g/mol. The number of carbonyl (C=O) groups is 1. The van der Waals surface area contributed by atoms with Crippen LogP contribution in [0.4, 0.5) is 5.69 Å². The minimum atomic E-state index is -0.324. The SMILES string of the molecule is CC1(C)CC(NC(=O)c2ccsc2)c2cc(N)ccc2O1.Cl. The number of hydrogen-bond acceptors (Lipinski definition) is 4. The molecule has 0 saturated carbocycles. The van der Waals surface area contributed by atoms with E-state index in [1.54, 1.807) is 0 Å². The molecule has 2 aromatic rings. The molecule has 1 unspecified atom stereocenters. The van der Waals surface area contributed by atoms with Crippen LogP contribution in [0.25, 0.3) is 0 Å². The average Bonchev–Trinajstić information content (AvgIpc) is 2.93. The minimum absolute atomic E-state index is 0. The van der Waals surface area contributed by atoms with E-state index in [9.17, 15) is 4.79 Å². The number of fused-ring (bicyclic) bond motifs is 1. The summed E-state index contributed by atoms with van der Waals surface area (Å²) in [5.41, 5.74) is 7.85. The lowest BCUT2D eigenvalue weighted by Crippen LogP contribution is -2.41. The van der Waals surface area contributed by atoms with Crippen LogP contribution in [0.5, 0.6) is 5.75 Å².